The van der Waals surface area contributed by atoms with Gasteiger partial charge in [0.1, 0.15) is 5.82 Å². The van der Waals surface area contributed by atoms with Gasteiger partial charge in [0, 0.05) is 17.4 Å². The highest BCUT2D eigenvalue weighted by Crippen LogP contribution is 2.29. The molecule has 0 saturated carbocycles. The zero-order chi connectivity index (χ0) is 13.3. The second kappa shape index (κ2) is 5.26. The van der Waals surface area contributed by atoms with Crippen molar-refractivity contribution in [2.45, 2.75) is 6.92 Å². The van der Waals surface area contributed by atoms with Gasteiger partial charge >= 0.3 is 0 Å². The first-order valence-corrected chi connectivity index (χ1v) is 6.01. The number of halogens is 4. The van der Waals surface area contributed by atoms with Crippen molar-refractivity contribution in [3.05, 3.63) is 45.0 Å². The second-order valence-electron chi connectivity index (χ2n) is 3.55. The predicted molar refractivity (Wildman–Crippen MR) is 71.5 cm³/mol. The Morgan fingerprint density at radius 2 is 1.78 bits per heavy atom. The largest absolute Gasteiger partial charge is 0.340 e. The van der Waals surface area contributed by atoms with Crippen LogP contribution in [0, 0.1) is 12.7 Å². The molecule has 3 nitrogen and oxygen atoms in total. The van der Waals surface area contributed by atoms with Crippen LogP contribution in [0.4, 0.5) is 15.9 Å². The molecule has 0 unspecified atom stereocenters. The normalized spacial score (nSPS) is 10.5. The van der Waals surface area contributed by atoms with Gasteiger partial charge in [0.25, 0.3) is 0 Å². The molecular weight excluding hydrogens is 299 g/mol. The van der Waals surface area contributed by atoms with Gasteiger partial charge in [-0.15, -0.1) is 0 Å². The molecule has 0 bridgehead atoms. The van der Waals surface area contributed by atoms with Gasteiger partial charge in [-0.05, 0) is 30.7 Å². The lowest BCUT2D eigenvalue weighted by atomic mass is 10.3. The number of hydrogen-bond donors (Lipinski definition) is 1. The van der Waals surface area contributed by atoms with Crippen molar-refractivity contribution < 1.29 is 4.39 Å². The maximum Gasteiger partial charge on any atom is 0.224 e. The fourth-order valence-corrected chi connectivity index (χ4v) is 1.93. The average molecular weight is 307 g/mol. The Kier molecular flexibility index (Phi) is 3.90. The van der Waals surface area contributed by atoms with E-state index in [0.717, 1.165) is 5.56 Å². The van der Waals surface area contributed by atoms with Crippen LogP contribution in [0.5, 0.6) is 0 Å². The standard InChI is InChI=1S/C11H7Cl3FN3/c1-5-4-16-11(14)18-10(5)17-6-2-7(12)9(15)8(13)3-6/h2-4H,1H3,(H,16,17,18). The van der Waals surface area contributed by atoms with E-state index in [1.54, 1.807) is 6.20 Å². The first-order valence-electron chi connectivity index (χ1n) is 4.88. The summed E-state index contributed by atoms with van der Waals surface area (Å²) in [6, 6.07) is 2.83. The number of nitrogens with zero attached hydrogens (tertiary/aromatic N) is 2. The zero-order valence-electron chi connectivity index (χ0n) is 9.14. The van der Waals surface area contributed by atoms with E-state index in [-0.39, 0.29) is 15.3 Å². The average Bonchev–Trinajstić information content (AvgIpc) is 2.31. The minimum atomic E-state index is -0.652. The van der Waals surface area contributed by atoms with Crippen molar-refractivity contribution in [1.82, 2.24) is 9.97 Å². The van der Waals surface area contributed by atoms with Gasteiger partial charge in [-0.25, -0.2) is 14.4 Å². The summed E-state index contributed by atoms with van der Waals surface area (Å²) in [4.78, 5) is 7.85. The van der Waals surface area contributed by atoms with E-state index >= 15 is 0 Å². The molecule has 1 N–H and O–H groups in total. The summed E-state index contributed by atoms with van der Waals surface area (Å²) in [5.74, 6) is -0.143. The van der Waals surface area contributed by atoms with E-state index in [0.29, 0.717) is 11.5 Å². The highest BCUT2D eigenvalue weighted by molar-refractivity contribution is 6.35. The van der Waals surface area contributed by atoms with E-state index in [1.807, 2.05) is 6.92 Å². The summed E-state index contributed by atoms with van der Waals surface area (Å²) >= 11 is 17.1. The molecule has 1 heterocycles. The Bertz CT molecular complexity index is 581. The van der Waals surface area contributed by atoms with Crippen LogP contribution in [0.15, 0.2) is 18.3 Å². The Morgan fingerprint density at radius 1 is 1.17 bits per heavy atom. The number of aryl methyl sites for hydroxylation is 1. The Morgan fingerprint density at radius 3 is 2.39 bits per heavy atom. The number of rotatable bonds is 2. The van der Waals surface area contributed by atoms with Crippen molar-refractivity contribution >= 4 is 46.3 Å². The van der Waals surface area contributed by atoms with E-state index in [9.17, 15) is 4.39 Å². The van der Waals surface area contributed by atoms with Crippen LogP contribution in [0.3, 0.4) is 0 Å². The third kappa shape index (κ3) is 2.83. The molecule has 0 aliphatic rings. The fraction of sp³-hybridized carbons (Fsp3) is 0.0909. The van der Waals surface area contributed by atoms with Gasteiger partial charge in [-0.2, -0.15) is 0 Å². The molecule has 1 aromatic carbocycles. The molecule has 0 aliphatic carbocycles. The van der Waals surface area contributed by atoms with Gasteiger partial charge in [-0.1, -0.05) is 23.2 Å². The highest BCUT2D eigenvalue weighted by Gasteiger charge is 2.09. The summed E-state index contributed by atoms with van der Waals surface area (Å²) in [5.41, 5.74) is 1.31. The first kappa shape index (κ1) is 13.3. The zero-order valence-corrected chi connectivity index (χ0v) is 11.4. The number of nitrogens with one attached hydrogen (secondary N) is 1. The van der Waals surface area contributed by atoms with Crippen molar-refractivity contribution in [2.24, 2.45) is 0 Å². The molecule has 0 radical (unpaired) electrons. The third-order valence-corrected chi connectivity index (χ3v) is 2.92. The first-order chi connectivity index (χ1) is 8.47. The van der Waals surface area contributed by atoms with Crippen LogP contribution in [-0.2, 0) is 0 Å². The van der Waals surface area contributed by atoms with Crippen LogP contribution in [0.1, 0.15) is 5.56 Å². The number of hydrogen-bond acceptors (Lipinski definition) is 3. The maximum atomic E-state index is 13.3. The molecule has 0 atom stereocenters. The minimum absolute atomic E-state index is 0.0668. The maximum absolute atomic E-state index is 13.3. The van der Waals surface area contributed by atoms with Crippen LogP contribution < -0.4 is 5.32 Å². The van der Waals surface area contributed by atoms with Crippen molar-refractivity contribution in [3.8, 4) is 0 Å². The Labute approximate surface area is 118 Å². The Hall–Kier alpha value is -1.10. The summed E-state index contributed by atoms with van der Waals surface area (Å²) < 4.78 is 13.3. The van der Waals surface area contributed by atoms with E-state index in [2.05, 4.69) is 15.3 Å². The van der Waals surface area contributed by atoms with Crippen molar-refractivity contribution in [1.29, 1.82) is 0 Å². The molecule has 94 valence electrons. The summed E-state index contributed by atoms with van der Waals surface area (Å²) in [7, 11) is 0. The molecule has 0 spiro atoms. The molecule has 2 rings (SSSR count). The predicted octanol–water partition coefficient (Wildman–Crippen LogP) is 4.63. The van der Waals surface area contributed by atoms with Crippen LogP contribution in [0.2, 0.25) is 15.3 Å². The molecule has 0 fully saturated rings. The van der Waals surface area contributed by atoms with Crippen LogP contribution in [-0.4, -0.2) is 9.97 Å². The lowest BCUT2D eigenvalue weighted by Gasteiger charge is -2.09. The van der Waals surface area contributed by atoms with Crippen molar-refractivity contribution in [2.75, 3.05) is 5.32 Å². The summed E-state index contributed by atoms with van der Waals surface area (Å²) in [5, 5.41) is 2.93. The third-order valence-electron chi connectivity index (χ3n) is 2.19. The van der Waals surface area contributed by atoms with Gasteiger partial charge < -0.3 is 5.32 Å². The SMILES string of the molecule is Cc1cnc(Cl)nc1Nc1cc(Cl)c(F)c(Cl)c1. The van der Waals surface area contributed by atoms with E-state index in [1.165, 1.54) is 12.1 Å². The molecule has 18 heavy (non-hydrogen) atoms. The lowest BCUT2D eigenvalue weighted by molar-refractivity contribution is 0.629. The monoisotopic (exact) mass is 305 g/mol. The molecule has 7 heteroatoms. The lowest BCUT2D eigenvalue weighted by Crippen LogP contribution is -1.98. The topological polar surface area (TPSA) is 37.8 Å². The number of aromatic nitrogens is 2. The minimum Gasteiger partial charge on any atom is -0.340 e. The molecule has 1 aromatic heterocycles. The van der Waals surface area contributed by atoms with Gasteiger partial charge in [-0.3, -0.25) is 0 Å². The smallest absolute Gasteiger partial charge is 0.224 e. The Balaban J connectivity index is 2.37. The molecule has 0 aliphatic heterocycles. The molecular formula is C11H7Cl3FN3. The summed E-state index contributed by atoms with van der Waals surface area (Å²) in [6.07, 6.45) is 1.57. The highest BCUT2D eigenvalue weighted by atomic mass is 35.5. The fourth-order valence-electron chi connectivity index (χ4n) is 1.31. The van der Waals surface area contributed by atoms with E-state index in [4.69, 9.17) is 34.8 Å². The molecule has 0 saturated heterocycles. The second-order valence-corrected chi connectivity index (χ2v) is 4.70. The quantitative estimate of drug-likeness (QED) is 0.649. The van der Waals surface area contributed by atoms with Gasteiger partial charge in [0.2, 0.25) is 5.28 Å². The van der Waals surface area contributed by atoms with Gasteiger partial charge in [0.05, 0.1) is 10.0 Å². The number of benzene rings is 1. The van der Waals surface area contributed by atoms with Crippen LogP contribution >= 0.6 is 34.8 Å². The summed E-state index contributed by atoms with van der Waals surface area (Å²) in [6.45, 7) is 1.81. The van der Waals surface area contributed by atoms with Crippen LogP contribution in [0.25, 0.3) is 0 Å². The molecule has 0 amide bonds. The molecule has 2 aromatic rings. The number of anilines is 2. The van der Waals surface area contributed by atoms with Crippen molar-refractivity contribution in [3.63, 3.8) is 0 Å². The van der Waals surface area contributed by atoms with E-state index < -0.39 is 5.82 Å². The van der Waals surface area contributed by atoms with Gasteiger partial charge in [0.15, 0.2) is 5.82 Å².